The molecule has 31 heavy (non-hydrogen) atoms. The number of hydrogen-bond acceptors (Lipinski definition) is 3. The lowest BCUT2D eigenvalue weighted by Gasteiger charge is -2.30. The van der Waals surface area contributed by atoms with E-state index >= 15 is 0 Å². The highest BCUT2D eigenvalue weighted by atomic mass is 16.5. The van der Waals surface area contributed by atoms with Crippen molar-refractivity contribution < 1.29 is 14.3 Å². The van der Waals surface area contributed by atoms with Crippen molar-refractivity contribution in [3.05, 3.63) is 72.3 Å². The van der Waals surface area contributed by atoms with Crippen LogP contribution in [0.15, 0.2) is 61.2 Å². The average molecular weight is 420 g/mol. The Balaban J connectivity index is 1.74. The van der Waals surface area contributed by atoms with Gasteiger partial charge in [-0.25, -0.2) is 4.79 Å². The number of carbonyl (C=O) groups is 2. The average Bonchev–Trinajstić information content (AvgIpc) is 2.69. The van der Waals surface area contributed by atoms with Crippen LogP contribution in [0.1, 0.15) is 38.8 Å². The fourth-order valence-corrected chi connectivity index (χ4v) is 3.42. The SMILES string of the molecule is C=C(C)CN1C(=O)COc2cc(NC(=O)NC(C)(C)c3cccc(C(=C)C)c3)ccc21. The summed E-state index contributed by atoms with van der Waals surface area (Å²) in [6.07, 6.45) is 0. The van der Waals surface area contributed by atoms with Crippen LogP contribution in [-0.2, 0) is 10.3 Å². The minimum Gasteiger partial charge on any atom is -0.481 e. The van der Waals surface area contributed by atoms with E-state index in [1.165, 1.54) is 0 Å². The predicted octanol–water partition coefficient (Wildman–Crippen LogP) is 5.08. The molecule has 3 rings (SSSR count). The fourth-order valence-electron chi connectivity index (χ4n) is 3.42. The highest BCUT2D eigenvalue weighted by molar-refractivity contribution is 5.99. The third kappa shape index (κ3) is 5.15. The number of carbonyl (C=O) groups excluding carboxylic acids is 2. The van der Waals surface area contributed by atoms with Gasteiger partial charge < -0.3 is 20.3 Å². The molecule has 0 aliphatic carbocycles. The van der Waals surface area contributed by atoms with Crippen LogP contribution in [-0.4, -0.2) is 25.1 Å². The largest absolute Gasteiger partial charge is 0.481 e. The van der Waals surface area contributed by atoms with E-state index in [1.807, 2.05) is 52.0 Å². The topological polar surface area (TPSA) is 70.7 Å². The molecule has 6 heteroatoms. The monoisotopic (exact) mass is 419 g/mol. The molecule has 1 heterocycles. The molecule has 0 radical (unpaired) electrons. The zero-order valence-electron chi connectivity index (χ0n) is 18.5. The molecule has 2 aromatic rings. The molecule has 1 aliphatic heterocycles. The van der Waals surface area contributed by atoms with Crippen LogP contribution in [0.2, 0.25) is 0 Å². The quantitative estimate of drug-likeness (QED) is 0.642. The van der Waals surface area contributed by atoms with Gasteiger partial charge in [-0.1, -0.05) is 42.5 Å². The smallest absolute Gasteiger partial charge is 0.319 e. The fraction of sp³-hybridized carbons (Fsp3) is 0.280. The van der Waals surface area contributed by atoms with Crippen LogP contribution in [0.3, 0.4) is 0 Å². The van der Waals surface area contributed by atoms with E-state index in [0.29, 0.717) is 23.7 Å². The van der Waals surface area contributed by atoms with Crippen molar-refractivity contribution >= 4 is 28.9 Å². The van der Waals surface area contributed by atoms with Crippen LogP contribution >= 0.6 is 0 Å². The third-order valence-corrected chi connectivity index (χ3v) is 5.09. The molecule has 6 nitrogen and oxygen atoms in total. The minimum atomic E-state index is -0.592. The summed E-state index contributed by atoms with van der Waals surface area (Å²) in [4.78, 5) is 26.5. The van der Waals surface area contributed by atoms with Gasteiger partial charge in [0, 0.05) is 18.3 Å². The molecule has 1 aliphatic rings. The maximum Gasteiger partial charge on any atom is 0.319 e. The minimum absolute atomic E-state index is 0.0397. The first-order chi connectivity index (χ1) is 14.6. The van der Waals surface area contributed by atoms with E-state index < -0.39 is 5.54 Å². The summed E-state index contributed by atoms with van der Waals surface area (Å²) in [6.45, 7) is 16.0. The molecule has 0 atom stereocenters. The van der Waals surface area contributed by atoms with Crippen LogP contribution in [0.25, 0.3) is 5.57 Å². The van der Waals surface area contributed by atoms with E-state index in [1.54, 1.807) is 23.1 Å². The van der Waals surface area contributed by atoms with E-state index in [4.69, 9.17) is 4.74 Å². The molecule has 2 N–H and O–H groups in total. The Labute approximate surface area is 183 Å². The van der Waals surface area contributed by atoms with E-state index in [2.05, 4.69) is 23.8 Å². The van der Waals surface area contributed by atoms with Gasteiger partial charge in [-0.05, 0) is 57.0 Å². The van der Waals surface area contributed by atoms with Crippen molar-refractivity contribution in [2.24, 2.45) is 0 Å². The second kappa shape index (κ2) is 8.68. The number of amides is 3. The Hall–Kier alpha value is -3.54. The van der Waals surface area contributed by atoms with E-state index in [-0.39, 0.29) is 18.5 Å². The summed E-state index contributed by atoms with van der Waals surface area (Å²) in [6, 6.07) is 12.9. The number of allylic oxidation sites excluding steroid dienone is 1. The number of ether oxygens (including phenoxy) is 1. The zero-order chi connectivity index (χ0) is 22.8. The molecule has 3 amide bonds. The molecule has 162 valence electrons. The maximum absolute atomic E-state index is 12.7. The molecule has 0 saturated carbocycles. The predicted molar refractivity (Wildman–Crippen MR) is 125 cm³/mol. The van der Waals surface area contributed by atoms with Crippen molar-refractivity contribution in [3.8, 4) is 5.75 Å². The van der Waals surface area contributed by atoms with Gasteiger partial charge in [0.1, 0.15) is 5.75 Å². The van der Waals surface area contributed by atoms with Crippen LogP contribution in [0.4, 0.5) is 16.2 Å². The van der Waals surface area contributed by atoms with Gasteiger partial charge in [0.25, 0.3) is 5.91 Å². The number of nitrogens with one attached hydrogen (secondary N) is 2. The van der Waals surface area contributed by atoms with Gasteiger partial charge in [0.15, 0.2) is 6.61 Å². The van der Waals surface area contributed by atoms with Crippen molar-refractivity contribution in [2.75, 3.05) is 23.4 Å². The van der Waals surface area contributed by atoms with Gasteiger partial charge in [0.2, 0.25) is 0 Å². The number of rotatable bonds is 6. The second-order valence-electron chi connectivity index (χ2n) is 8.47. The third-order valence-electron chi connectivity index (χ3n) is 5.09. The van der Waals surface area contributed by atoms with Crippen LogP contribution < -0.4 is 20.3 Å². The van der Waals surface area contributed by atoms with Gasteiger partial charge in [-0.2, -0.15) is 0 Å². The van der Waals surface area contributed by atoms with Crippen LogP contribution in [0.5, 0.6) is 5.75 Å². The number of nitrogens with zero attached hydrogens (tertiary/aromatic N) is 1. The van der Waals surface area contributed by atoms with Crippen molar-refractivity contribution in [1.82, 2.24) is 5.32 Å². The summed E-state index contributed by atoms with van der Waals surface area (Å²) in [5.41, 5.74) is 4.51. The number of benzene rings is 2. The Kier molecular flexibility index (Phi) is 6.20. The molecule has 0 unspecified atom stereocenters. The lowest BCUT2D eigenvalue weighted by atomic mass is 9.92. The lowest BCUT2D eigenvalue weighted by Crippen LogP contribution is -2.43. The van der Waals surface area contributed by atoms with Gasteiger partial charge in [-0.15, -0.1) is 0 Å². The summed E-state index contributed by atoms with van der Waals surface area (Å²) < 4.78 is 5.57. The van der Waals surface area contributed by atoms with Gasteiger partial charge >= 0.3 is 6.03 Å². The highest BCUT2D eigenvalue weighted by Crippen LogP contribution is 2.35. The van der Waals surface area contributed by atoms with E-state index in [9.17, 15) is 9.59 Å². The molecule has 0 aromatic heterocycles. The number of anilines is 2. The normalized spacial score (nSPS) is 13.2. The summed E-state index contributed by atoms with van der Waals surface area (Å²) in [5, 5.41) is 5.87. The standard InChI is InChI=1S/C25H29N3O3/c1-16(2)14-28-21-11-10-20(13-22(21)31-15-23(28)29)26-24(30)27-25(5,6)19-9-7-8-18(12-19)17(3)4/h7-13H,1,3,14-15H2,2,4-6H3,(H2,26,27,30). The first-order valence-electron chi connectivity index (χ1n) is 10.1. The number of hydrogen-bond donors (Lipinski definition) is 2. The van der Waals surface area contributed by atoms with Crippen molar-refractivity contribution in [3.63, 3.8) is 0 Å². The summed E-state index contributed by atoms with van der Waals surface area (Å²) in [7, 11) is 0. The Bertz CT molecular complexity index is 1060. The van der Waals surface area contributed by atoms with Crippen molar-refractivity contribution in [2.45, 2.75) is 33.2 Å². The molecule has 0 fully saturated rings. The lowest BCUT2D eigenvalue weighted by molar-refractivity contribution is -0.121. The summed E-state index contributed by atoms with van der Waals surface area (Å²) >= 11 is 0. The van der Waals surface area contributed by atoms with Crippen LogP contribution in [0, 0.1) is 0 Å². The molecule has 0 bridgehead atoms. The van der Waals surface area contributed by atoms with E-state index in [0.717, 1.165) is 22.3 Å². The second-order valence-corrected chi connectivity index (χ2v) is 8.47. The van der Waals surface area contributed by atoms with Gasteiger partial charge in [-0.3, -0.25) is 4.79 Å². The van der Waals surface area contributed by atoms with Gasteiger partial charge in [0.05, 0.1) is 11.2 Å². The Morgan fingerprint density at radius 1 is 1.16 bits per heavy atom. The molecular formula is C25H29N3O3. The molecule has 0 saturated heterocycles. The summed E-state index contributed by atoms with van der Waals surface area (Å²) in [5.74, 6) is 0.430. The zero-order valence-corrected chi connectivity index (χ0v) is 18.5. The number of fused-ring (bicyclic) bond motifs is 1. The molecule has 2 aromatic carbocycles. The van der Waals surface area contributed by atoms with Crippen molar-refractivity contribution in [1.29, 1.82) is 0 Å². The highest BCUT2D eigenvalue weighted by Gasteiger charge is 2.27. The Morgan fingerprint density at radius 3 is 2.58 bits per heavy atom. The molecule has 0 spiro atoms. The first kappa shape index (κ1) is 22.2. The number of urea groups is 1. The maximum atomic E-state index is 12.7. The molecular weight excluding hydrogens is 390 g/mol. The Morgan fingerprint density at radius 2 is 1.90 bits per heavy atom. The first-order valence-corrected chi connectivity index (χ1v) is 10.1.